The molecule has 0 radical (unpaired) electrons. The van der Waals surface area contributed by atoms with E-state index in [4.69, 9.17) is 0 Å². The van der Waals surface area contributed by atoms with E-state index in [0.717, 1.165) is 0 Å². The summed E-state index contributed by atoms with van der Waals surface area (Å²) in [5.41, 5.74) is 1.31. The van der Waals surface area contributed by atoms with Gasteiger partial charge in [-0.3, -0.25) is 0 Å². The lowest BCUT2D eigenvalue weighted by Gasteiger charge is -1.89. The summed E-state index contributed by atoms with van der Waals surface area (Å²) < 4.78 is 2.08. The van der Waals surface area contributed by atoms with E-state index in [-0.39, 0.29) is 0 Å². The van der Waals surface area contributed by atoms with E-state index >= 15 is 0 Å². The van der Waals surface area contributed by atoms with Crippen molar-refractivity contribution in [3.63, 3.8) is 0 Å². The molecule has 0 aliphatic carbocycles. The standard InChI is InChI=1S/C6H9N.C2H6/c1-6-4-3-5-7(6)2;1-2/h3-5H,1-2H3;1-2H3. The lowest BCUT2D eigenvalue weighted by Crippen LogP contribution is -1.84. The molecular formula is C8H15N. The van der Waals surface area contributed by atoms with Gasteiger partial charge in [0.25, 0.3) is 0 Å². The molecule has 1 nitrogen and oxygen atoms in total. The zero-order chi connectivity index (χ0) is 7.28. The topological polar surface area (TPSA) is 4.93 Å². The number of hydrogen-bond donors (Lipinski definition) is 0. The van der Waals surface area contributed by atoms with Gasteiger partial charge in [-0.15, -0.1) is 0 Å². The molecule has 0 atom stereocenters. The summed E-state index contributed by atoms with van der Waals surface area (Å²) in [4.78, 5) is 0. The Labute approximate surface area is 57.3 Å². The summed E-state index contributed by atoms with van der Waals surface area (Å²) in [6.07, 6.45) is 2.04. The molecule has 52 valence electrons. The van der Waals surface area contributed by atoms with Gasteiger partial charge in [-0.2, -0.15) is 0 Å². The SMILES string of the molecule is CC.Cc1cccn1C. The minimum Gasteiger partial charge on any atom is -0.355 e. The van der Waals surface area contributed by atoms with Crippen LogP contribution in [0.2, 0.25) is 0 Å². The van der Waals surface area contributed by atoms with Gasteiger partial charge in [0.2, 0.25) is 0 Å². The summed E-state index contributed by atoms with van der Waals surface area (Å²) in [6, 6.07) is 4.12. The van der Waals surface area contributed by atoms with Crippen molar-refractivity contribution in [1.29, 1.82) is 0 Å². The number of nitrogens with zero attached hydrogens (tertiary/aromatic N) is 1. The van der Waals surface area contributed by atoms with Crippen LogP contribution in [-0.2, 0) is 7.05 Å². The minimum absolute atomic E-state index is 1.31. The summed E-state index contributed by atoms with van der Waals surface area (Å²) in [7, 11) is 2.04. The van der Waals surface area contributed by atoms with Crippen LogP contribution in [0.5, 0.6) is 0 Å². The Morgan fingerprint density at radius 1 is 1.33 bits per heavy atom. The van der Waals surface area contributed by atoms with Gasteiger partial charge in [0.15, 0.2) is 0 Å². The lowest BCUT2D eigenvalue weighted by molar-refractivity contribution is 0.882. The number of hydrogen-bond acceptors (Lipinski definition) is 0. The highest BCUT2D eigenvalue weighted by atomic mass is 14.9. The van der Waals surface area contributed by atoms with E-state index in [0.29, 0.717) is 0 Å². The van der Waals surface area contributed by atoms with Gasteiger partial charge in [-0.25, -0.2) is 0 Å². The summed E-state index contributed by atoms with van der Waals surface area (Å²) >= 11 is 0. The fourth-order valence-corrected chi connectivity index (χ4v) is 0.547. The molecule has 0 N–H and O–H groups in total. The summed E-state index contributed by atoms with van der Waals surface area (Å²) in [5, 5.41) is 0. The monoisotopic (exact) mass is 125 g/mol. The average molecular weight is 125 g/mol. The van der Waals surface area contributed by atoms with E-state index in [1.165, 1.54) is 5.69 Å². The maximum absolute atomic E-state index is 2.08. The minimum atomic E-state index is 1.31. The quantitative estimate of drug-likeness (QED) is 0.501. The van der Waals surface area contributed by atoms with Crippen LogP contribution < -0.4 is 0 Å². The van der Waals surface area contributed by atoms with Crippen LogP contribution in [0.25, 0.3) is 0 Å². The van der Waals surface area contributed by atoms with Gasteiger partial charge in [-0.05, 0) is 19.1 Å². The van der Waals surface area contributed by atoms with Crippen LogP contribution in [0.15, 0.2) is 18.3 Å². The van der Waals surface area contributed by atoms with Crippen molar-refractivity contribution in [3.05, 3.63) is 24.0 Å². The van der Waals surface area contributed by atoms with Crippen LogP contribution >= 0.6 is 0 Å². The smallest absolute Gasteiger partial charge is 0.0140 e. The van der Waals surface area contributed by atoms with E-state index in [9.17, 15) is 0 Å². The Morgan fingerprint density at radius 2 is 1.89 bits per heavy atom. The number of aromatic nitrogens is 1. The fourth-order valence-electron chi connectivity index (χ4n) is 0.547. The highest BCUT2D eigenvalue weighted by Crippen LogP contribution is 1.93. The molecule has 0 fully saturated rings. The van der Waals surface area contributed by atoms with E-state index < -0.39 is 0 Å². The van der Waals surface area contributed by atoms with Crippen molar-refractivity contribution in [2.45, 2.75) is 20.8 Å². The maximum atomic E-state index is 2.08. The molecule has 0 unspecified atom stereocenters. The molecule has 1 aromatic rings. The van der Waals surface area contributed by atoms with Gasteiger partial charge < -0.3 is 4.57 Å². The molecule has 1 aromatic heterocycles. The van der Waals surface area contributed by atoms with E-state index in [1.54, 1.807) is 0 Å². The summed E-state index contributed by atoms with van der Waals surface area (Å²) in [5.74, 6) is 0. The predicted molar refractivity (Wildman–Crippen MR) is 41.5 cm³/mol. The van der Waals surface area contributed by atoms with Crippen LogP contribution in [0.4, 0.5) is 0 Å². The first kappa shape index (κ1) is 8.28. The van der Waals surface area contributed by atoms with E-state index in [1.807, 2.05) is 33.2 Å². The second-order valence-electron chi connectivity index (χ2n) is 1.76. The number of rotatable bonds is 0. The molecule has 1 heterocycles. The first-order valence-corrected chi connectivity index (χ1v) is 3.38. The van der Waals surface area contributed by atoms with Crippen molar-refractivity contribution in [1.82, 2.24) is 4.57 Å². The van der Waals surface area contributed by atoms with Crippen molar-refractivity contribution in [2.24, 2.45) is 7.05 Å². The highest BCUT2D eigenvalue weighted by Gasteiger charge is 1.81. The Morgan fingerprint density at radius 3 is 2.00 bits per heavy atom. The molecule has 1 rings (SSSR count). The molecule has 0 amide bonds. The average Bonchev–Trinajstić information content (AvgIpc) is 2.23. The lowest BCUT2D eigenvalue weighted by atomic mass is 10.5. The van der Waals surface area contributed by atoms with Crippen molar-refractivity contribution < 1.29 is 0 Å². The second-order valence-corrected chi connectivity index (χ2v) is 1.76. The third kappa shape index (κ3) is 2.36. The van der Waals surface area contributed by atoms with E-state index in [2.05, 4.69) is 17.6 Å². The van der Waals surface area contributed by atoms with Gasteiger partial charge in [-0.1, -0.05) is 13.8 Å². The first-order chi connectivity index (χ1) is 4.30. The molecule has 0 saturated carbocycles. The Kier molecular flexibility index (Phi) is 3.85. The van der Waals surface area contributed by atoms with Gasteiger partial charge in [0, 0.05) is 18.9 Å². The molecule has 0 aliphatic rings. The zero-order valence-corrected chi connectivity index (χ0v) is 6.68. The molecule has 0 aliphatic heterocycles. The molecule has 9 heavy (non-hydrogen) atoms. The molecule has 0 bridgehead atoms. The Balaban J connectivity index is 0.000000291. The highest BCUT2D eigenvalue weighted by molar-refractivity contribution is 5.02. The Hall–Kier alpha value is -0.720. The van der Waals surface area contributed by atoms with Crippen molar-refractivity contribution in [2.75, 3.05) is 0 Å². The largest absolute Gasteiger partial charge is 0.355 e. The van der Waals surface area contributed by atoms with Gasteiger partial charge >= 0.3 is 0 Å². The molecule has 0 spiro atoms. The molecular weight excluding hydrogens is 110 g/mol. The van der Waals surface area contributed by atoms with Crippen LogP contribution in [0.3, 0.4) is 0 Å². The molecule has 1 heteroatoms. The third-order valence-electron chi connectivity index (χ3n) is 1.20. The van der Waals surface area contributed by atoms with Crippen LogP contribution in [0, 0.1) is 6.92 Å². The van der Waals surface area contributed by atoms with Crippen LogP contribution in [-0.4, -0.2) is 4.57 Å². The fraction of sp³-hybridized carbons (Fsp3) is 0.500. The maximum Gasteiger partial charge on any atom is 0.0140 e. The van der Waals surface area contributed by atoms with Crippen LogP contribution in [0.1, 0.15) is 19.5 Å². The normalized spacial score (nSPS) is 8.00. The van der Waals surface area contributed by atoms with Gasteiger partial charge in [0.1, 0.15) is 0 Å². The molecule has 0 saturated heterocycles. The summed E-state index contributed by atoms with van der Waals surface area (Å²) in [6.45, 7) is 6.08. The number of aryl methyl sites for hydroxylation is 2. The predicted octanol–water partition coefficient (Wildman–Crippen LogP) is 2.36. The van der Waals surface area contributed by atoms with Gasteiger partial charge in [0.05, 0.1) is 0 Å². The second kappa shape index (κ2) is 4.19. The van der Waals surface area contributed by atoms with Crippen molar-refractivity contribution >= 4 is 0 Å². The zero-order valence-electron chi connectivity index (χ0n) is 6.68. The first-order valence-electron chi connectivity index (χ1n) is 3.38. The third-order valence-corrected chi connectivity index (χ3v) is 1.20. The Bertz CT molecular complexity index is 137. The molecule has 0 aromatic carbocycles. The van der Waals surface area contributed by atoms with Crippen molar-refractivity contribution in [3.8, 4) is 0 Å².